The molecule has 0 saturated carbocycles. The Kier molecular flexibility index (Phi) is 6.30. The van der Waals surface area contributed by atoms with Crippen molar-refractivity contribution in [2.24, 2.45) is 0 Å². The first-order valence-corrected chi connectivity index (χ1v) is 6.57. The van der Waals surface area contributed by atoms with Gasteiger partial charge in [0.05, 0.1) is 5.75 Å². The van der Waals surface area contributed by atoms with Crippen LogP contribution in [-0.2, 0) is 11.8 Å². The molecule has 0 aromatic rings. The molecule has 0 rings (SSSR count). The molecule has 0 fully saturated rings. The number of terminal acetylenes is 1. The maximum absolute atomic E-state index is 8.88. The maximum atomic E-state index is 8.88. The van der Waals surface area contributed by atoms with E-state index in [1.807, 2.05) is 0 Å². The van der Waals surface area contributed by atoms with E-state index >= 15 is 0 Å². The summed E-state index contributed by atoms with van der Waals surface area (Å²) in [5.41, 5.74) is 0. The van der Waals surface area contributed by atoms with Crippen LogP contribution in [0.5, 0.6) is 0 Å². The maximum Gasteiger partial charge on any atom is 0.337 e. The average molecular weight is 194 g/mol. The Morgan fingerprint density at radius 1 is 2.00 bits per heavy atom. The molecule has 0 aliphatic rings. The van der Waals surface area contributed by atoms with Crippen LogP contribution in [0.25, 0.3) is 0 Å². The zero-order valence-electron chi connectivity index (χ0n) is 5.57. The first kappa shape index (κ1) is 10.3. The lowest BCUT2D eigenvalue weighted by Gasteiger charge is -1.93. The fraction of sp³-hybridized carbons (Fsp3) is 0.600. The molecule has 0 amide bonds. The van der Waals surface area contributed by atoms with Gasteiger partial charge < -0.3 is 5.11 Å². The van der Waals surface area contributed by atoms with Gasteiger partial charge in [-0.1, -0.05) is 5.92 Å². The molecule has 2 atom stereocenters. The van der Waals surface area contributed by atoms with Gasteiger partial charge in [-0.2, -0.15) is 0 Å². The second-order valence-electron chi connectivity index (χ2n) is 1.46. The Labute approximate surface area is 71.0 Å². The van der Waals surface area contributed by atoms with Gasteiger partial charge in [-0.25, -0.2) is 0 Å². The highest BCUT2D eigenvalue weighted by Crippen LogP contribution is 2.32. The van der Waals surface area contributed by atoms with E-state index < -0.39 is 12.2 Å². The summed E-state index contributed by atoms with van der Waals surface area (Å²) in [4.78, 5) is 0. The zero-order valence-corrected chi connectivity index (χ0v) is 8.10. The van der Waals surface area contributed by atoms with Crippen molar-refractivity contribution in [3.05, 3.63) is 0 Å². The van der Waals surface area contributed by atoms with Crippen LogP contribution in [0.2, 0.25) is 0 Å². The molecule has 0 aromatic carbocycles. The summed E-state index contributed by atoms with van der Waals surface area (Å²) in [6, 6.07) is -0.622. The Balaban J connectivity index is 3.37. The zero-order chi connectivity index (χ0) is 7.98. The quantitative estimate of drug-likeness (QED) is 0.510. The number of hydrogen-bond donors (Lipinski definition) is 2. The lowest BCUT2D eigenvalue weighted by atomic mass is 10.4. The smallest absolute Gasteiger partial charge is 0.337 e. The largest absolute Gasteiger partial charge is 0.379 e. The minimum atomic E-state index is -0.661. The van der Waals surface area contributed by atoms with Crippen molar-refractivity contribution in [1.29, 1.82) is 0 Å². The second-order valence-corrected chi connectivity index (χ2v) is 6.67. The van der Waals surface area contributed by atoms with Gasteiger partial charge in [-0.05, 0) is 0 Å². The molecule has 2 N–H and O–H groups in total. The van der Waals surface area contributed by atoms with Crippen LogP contribution in [0.4, 0.5) is 0 Å². The molecule has 0 saturated heterocycles. The predicted molar refractivity (Wildman–Crippen MR) is 50.6 cm³/mol. The van der Waals surface area contributed by atoms with Crippen LogP contribution in [-0.4, -0.2) is 24.0 Å². The molecule has 56 valence electrons. The number of hydrogen-bond acceptors (Lipinski definition) is 3. The van der Waals surface area contributed by atoms with Crippen LogP contribution in [0, 0.1) is 12.3 Å². The molecule has 0 radical (unpaired) electrons. The Morgan fingerprint density at radius 2 is 2.60 bits per heavy atom. The number of rotatable bonds is 4. The Hall–Kier alpha value is 0.350. The van der Waals surface area contributed by atoms with E-state index in [0.717, 1.165) is 0 Å². The summed E-state index contributed by atoms with van der Waals surface area (Å²) in [6.45, 7) is 0. The lowest BCUT2D eigenvalue weighted by Crippen LogP contribution is -2.05. The minimum absolute atomic E-state index is 0.520. The Morgan fingerprint density at radius 3 is 3.00 bits per heavy atom. The number of aliphatic hydroxyl groups is 1. The highest BCUT2D eigenvalue weighted by atomic mass is 32.9. The highest BCUT2D eigenvalue weighted by Gasteiger charge is 2.11. The van der Waals surface area contributed by atoms with Crippen molar-refractivity contribution >= 4 is 29.2 Å². The highest BCUT2D eigenvalue weighted by molar-refractivity contribution is 8.63. The molecular weight excluding hydrogens is 185 g/mol. The summed E-state index contributed by atoms with van der Waals surface area (Å²) >= 11 is 6.43. The third-order valence-corrected chi connectivity index (χ3v) is 4.98. The number of aliphatic hydroxyl groups excluding tert-OH is 1. The van der Waals surface area contributed by atoms with Gasteiger partial charge in [-0.3, -0.25) is 0 Å². The summed E-state index contributed by atoms with van der Waals surface area (Å²) < 4.78 is 0. The fourth-order valence-electron chi connectivity index (χ4n) is 0.251. The molecule has 0 bridgehead atoms. The van der Waals surface area contributed by atoms with Gasteiger partial charge in [0.15, 0.2) is 11.8 Å². The van der Waals surface area contributed by atoms with E-state index in [1.165, 1.54) is 11.4 Å². The van der Waals surface area contributed by atoms with Crippen LogP contribution >= 0.6 is 17.4 Å². The fourth-order valence-corrected chi connectivity index (χ4v) is 2.52. The van der Waals surface area contributed by atoms with E-state index in [0.29, 0.717) is 5.75 Å². The minimum Gasteiger partial charge on any atom is -0.379 e. The molecule has 0 spiro atoms. The predicted octanol–water partition coefficient (Wildman–Crippen LogP) is 0.707. The van der Waals surface area contributed by atoms with Crippen molar-refractivity contribution in [3.63, 3.8) is 0 Å². The molecule has 0 aliphatic carbocycles. The second kappa shape index (κ2) is 6.09. The number of nitrogens with one attached hydrogen (secondary N) is 1. The lowest BCUT2D eigenvalue weighted by molar-refractivity contribution is 0.258. The first-order valence-electron chi connectivity index (χ1n) is 2.62. The van der Waals surface area contributed by atoms with Gasteiger partial charge in [0, 0.05) is 7.05 Å². The van der Waals surface area contributed by atoms with E-state index in [4.69, 9.17) is 23.3 Å². The van der Waals surface area contributed by atoms with E-state index in [2.05, 4.69) is 11.0 Å². The van der Waals surface area contributed by atoms with E-state index in [-0.39, 0.29) is 0 Å². The van der Waals surface area contributed by atoms with Crippen LogP contribution < -0.4 is 5.09 Å². The molecule has 0 aliphatic heterocycles. The standard InChI is InChI=1S/C5H9NOPS2/c1-3-5(7)4-10-8(9)6-2/h1,5,7H,4H2,2H3,(H,6,9)/q+1. The molecule has 10 heavy (non-hydrogen) atoms. The summed E-state index contributed by atoms with van der Waals surface area (Å²) in [5, 5.41) is 11.8. The molecule has 2 nitrogen and oxygen atoms in total. The van der Waals surface area contributed by atoms with Gasteiger partial charge >= 0.3 is 6.05 Å². The van der Waals surface area contributed by atoms with Crippen LogP contribution in [0.15, 0.2) is 0 Å². The summed E-state index contributed by atoms with van der Waals surface area (Å²) in [7, 11) is 1.80. The topological polar surface area (TPSA) is 32.3 Å². The summed E-state index contributed by atoms with van der Waals surface area (Å²) in [5.74, 6) is 2.74. The molecule has 2 unspecified atom stereocenters. The van der Waals surface area contributed by atoms with E-state index in [1.54, 1.807) is 7.05 Å². The van der Waals surface area contributed by atoms with Crippen LogP contribution in [0.3, 0.4) is 0 Å². The van der Waals surface area contributed by atoms with Crippen molar-refractivity contribution < 1.29 is 5.11 Å². The average Bonchev–Trinajstić information content (AvgIpc) is 1.99. The van der Waals surface area contributed by atoms with Crippen molar-refractivity contribution in [2.75, 3.05) is 12.8 Å². The van der Waals surface area contributed by atoms with E-state index in [9.17, 15) is 0 Å². The van der Waals surface area contributed by atoms with Crippen molar-refractivity contribution in [2.45, 2.75) is 6.10 Å². The molecular formula is C5H9NOPS2+. The van der Waals surface area contributed by atoms with Gasteiger partial charge in [0.1, 0.15) is 17.5 Å². The van der Waals surface area contributed by atoms with Gasteiger partial charge in [0.25, 0.3) is 0 Å². The third kappa shape index (κ3) is 5.16. The van der Waals surface area contributed by atoms with Crippen molar-refractivity contribution in [1.82, 2.24) is 5.09 Å². The SMILES string of the molecule is C#CC(O)CS[P+](=S)NC. The third-order valence-electron chi connectivity index (χ3n) is 0.725. The Bertz CT molecular complexity index is 156. The molecule has 0 heterocycles. The molecule has 0 aromatic heterocycles. The molecule has 5 heteroatoms. The van der Waals surface area contributed by atoms with Gasteiger partial charge in [-0.15, -0.1) is 11.5 Å². The van der Waals surface area contributed by atoms with Crippen molar-refractivity contribution in [3.8, 4) is 12.3 Å². The monoisotopic (exact) mass is 194 g/mol. The summed E-state index contributed by atoms with van der Waals surface area (Å²) in [6.07, 6.45) is 4.28. The normalized spacial score (nSPS) is 13.9. The first-order chi connectivity index (χ1) is 4.70. The van der Waals surface area contributed by atoms with Crippen LogP contribution in [0.1, 0.15) is 0 Å². The van der Waals surface area contributed by atoms with Gasteiger partial charge in [0.2, 0.25) is 0 Å².